The van der Waals surface area contributed by atoms with Crippen LogP contribution in [0.15, 0.2) is 89.7 Å². The monoisotopic (exact) mass is 461 g/mol. The number of rotatable bonds is 4. The molecule has 0 saturated heterocycles. The summed E-state index contributed by atoms with van der Waals surface area (Å²) in [4.78, 5) is 33.7. The highest BCUT2D eigenvalue weighted by molar-refractivity contribution is 5.98. The van der Waals surface area contributed by atoms with E-state index in [1.165, 1.54) is 0 Å². The van der Waals surface area contributed by atoms with E-state index < -0.39 is 6.04 Å². The predicted molar refractivity (Wildman–Crippen MR) is 141 cm³/mol. The summed E-state index contributed by atoms with van der Waals surface area (Å²) in [5.41, 5.74) is 4.04. The highest BCUT2D eigenvalue weighted by Crippen LogP contribution is 2.25. The van der Waals surface area contributed by atoms with Crippen molar-refractivity contribution in [3.05, 3.63) is 118 Å². The van der Waals surface area contributed by atoms with Crippen LogP contribution in [-0.2, 0) is 0 Å². The van der Waals surface area contributed by atoms with Crippen molar-refractivity contribution in [3.63, 3.8) is 0 Å². The van der Waals surface area contributed by atoms with Gasteiger partial charge in [-0.2, -0.15) is 0 Å². The van der Waals surface area contributed by atoms with Crippen LogP contribution in [-0.4, -0.2) is 27.4 Å². The molecule has 1 amide bonds. The number of carbonyl (C=O) groups excluding carboxylic acids is 1. The van der Waals surface area contributed by atoms with E-state index in [1.54, 1.807) is 22.6 Å². The molecule has 0 radical (unpaired) electrons. The summed E-state index contributed by atoms with van der Waals surface area (Å²) in [5, 5.41) is 2.64. The van der Waals surface area contributed by atoms with Gasteiger partial charge in [0.25, 0.3) is 11.5 Å². The summed E-state index contributed by atoms with van der Waals surface area (Å²) >= 11 is 0. The van der Waals surface area contributed by atoms with Crippen molar-refractivity contribution in [1.29, 1.82) is 0 Å². The van der Waals surface area contributed by atoms with Crippen molar-refractivity contribution >= 4 is 27.6 Å². The largest absolute Gasteiger partial charge is 0.332 e. The lowest BCUT2D eigenvalue weighted by atomic mass is 10.1. The first kappa shape index (κ1) is 22.5. The van der Waals surface area contributed by atoms with E-state index in [1.807, 2.05) is 99.6 Å². The third kappa shape index (κ3) is 3.99. The smallest absolute Gasteiger partial charge is 0.266 e. The number of aromatic nitrogens is 2. The lowest BCUT2D eigenvalue weighted by molar-refractivity contribution is 0.0735. The van der Waals surface area contributed by atoms with E-state index >= 15 is 0 Å². The van der Waals surface area contributed by atoms with Crippen LogP contribution in [0.2, 0.25) is 0 Å². The van der Waals surface area contributed by atoms with Crippen molar-refractivity contribution in [2.75, 3.05) is 7.05 Å². The molecule has 0 aliphatic rings. The first-order chi connectivity index (χ1) is 16.8. The number of fused-ring (bicyclic) bond motifs is 2. The molecule has 0 saturated carbocycles. The summed E-state index contributed by atoms with van der Waals surface area (Å²) < 4.78 is 1.64. The average molecular weight is 462 g/mol. The van der Waals surface area contributed by atoms with Crippen molar-refractivity contribution in [3.8, 4) is 5.69 Å². The maximum absolute atomic E-state index is 13.7. The van der Waals surface area contributed by atoms with Crippen LogP contribution in [0.25, 0.3) is 27.4 Å². The standard InChI is InChI=1S/C30H27N3O2/c1-19-13-16-25(17-20(19)2)33-28(31-27-12-8-7-11-26(27)30(33)35)21(3)32(4)29(34)24-15-14-22-9-5-6-10-23(22)18-24/h5-18,21H,1-4H3. The first-order valence-electron chi connectivity index (χ1n) is 11.7. The van der Waals surface area contributed by atoms with Crippen molar-refractivity contribution in [2.24, 2.45) is 0 Å². The molecule has 0 aliphatic heterocycles. The Morgan fingerprint density at radius 1 is 0.857 bits per heavy atom. The molecule has 5 heteroatoms. The lowest BCUT2D eigenvalue weighted by Crippen LogP contribution is -2.35. The Kier molecular flexibility index (Phi) is 5.69. The third-order valence-electron chi connectivity index (χ3n) is 6.82. The maximum atomic E-state index is 13.7. The van der Waals surface area contributed by atoms with Crippen LogP contribution < -0.4 is 5.56 Å². The van der Waals surface area contributed by atoms with Crippen LogP contribution in [0, 0.1) is 13.8 Å². The Labute approximate surface area is 204 Å². The molecule has 0 aliphatic carbocycles. The van der Waals surface area contributed by atoms with E-state index in [2.05, 4.69) is 0 Å². The first-order valence-corrected chi connectivity index (χ1v) is 11.7. The number of nitrogens with zero attached hydrogens (tertiary/aromatic N) is 3. The van der Waals surface area contributed by atoms with Crippen LogP contribution in [0.5, 0.6) is 0 Å². The Morgan fingerprint density at radius 3 is 2.34 bits per heavy atom. The molecular weight excluding hydrogens is 434 g/mol. The number of benzene rings is 4. The van der Waals surface area contributed by atoms with Gasteiger partial charge in [-0.25, -0.2) is 4.98 Å². The van der Waals surface area contributed by atoms with Gasteiger partial charge in [0.05, 0.1) is 22.6 Å². The molecule has 35 heavy (non-hydrogen) atoms. The van der Waals surface area contributed by atoms with E-state index in [-0.39, 0.29) is 11.5 Å². The quantitative estimate of drug-likeness (QED) is 0.330. The van der Waals surface area contributed by atoms with Crippen LogP contribution >= 0.6 is 0 Å². The van der Waals surface area contributed by atoms with Gasteiger partial charge in [-0.05, 0) is 79.1 Å². The lowest BCUT2D eigenvalue weighted by Gasteiger charge is -2.27. The van der Waals surface area contributed by atoms with Crippen molar-refractivity contribution in [2.45, 2.75) is 26.8 Å². The van der Waals surface area contributed by atoms with E-state index in [4.69, 9.17) is 4.98 Å². The molecule has 1 atom stereocenters. The molecule has 0 N–H and O–H groups in total. The van der Waals surface area contributed by atoms with Gasteiger partial charge in [-0.3, -0.25) is 14.2 Å². The second-order valence-electron chi connectivity index (χ2n) is 9.05. The zero-order chi connectivity index (χ0) is 24.7. The van der Waals surface area contributed by atoms with Crippen LogP contribution in [0.4, 0.5) is 0 Å². The fraction of sp³-hybridized carbons (Fsp3) is 0.167. The molecule has 5 nitrogen and oxygen atoms in total. The Morgan fingerprint density at radius 2 is 1.57 bits per heavy atom. The van der Waals surface area contributed by atoms with Crippen LogP contribution in [0.3, 0.4) is 0 Å². The van der Waals surface area contributed by atoms with Gasteiger partial charge in [0.2, 0.25) is 0 Å². The summed E-state index contributed by atoms with van der Waals surface area (Å²) in [6, 6.07) is 26.5. The summed E-state index contributed by atoms with van der Waals surface area (Å²) in [5.74, 6) is 0.394. The highest BCUT2D eigenvalue weighted by Gasteiger charge is 2.25. The van der Waals surface area contributed by atoms with Gasteiger partial charge >= 0.3 is 0 Å². The molecular formula is C30H27N3O2. The minimum absolute atomic E-state index is 0.128. The van der Waals surface area contributed by atoms with Gasteiger partial charge in [0, 0.05) is 12.6 Å². The topological polar surface area (TPSA) is 55.2 Å². The zero-order valence-electron chi connectivity index (χ0n) is 20.3. The fourth-order valence-corrected chi connectivity index (χ4v) is 4.42. The molecule has 0 bridgehead atoms. The van der Waals surface area contributed by atoms with Crippen molar-refractivity contribution < 1.29 is 4.79 Å². The van der Waals surface area contributed by atoms with E-state index in [9.17, 15) is 9.59 Å². The number of aryl methyl sites for hydroxylation is 2. The summed E-state index contributed by atoms with van der Waals surface area (Å²) in [6.45, 7) is 5.98. The normalized spacial score (nSPS) is 12.1. The molecule has 1 aromatic heterocycles. The van der Waals surface area contributed by atoms with Crippen LogP contribution in [0.1, 0.15) is 40.3 Å². The predicted octanol–water partition coefficient (Wildman–Crippen LogP) is 5.99. The second-order valence-corrected chi connectivity index (χ2v) is 9.05. The molecule has 5 aromatic rings. The molecule has 0 fully saturated rings. The summed E-state index contributed by atoms with van der Waals surface area (Å²) in [7, 11) is 1.76. The molecule has 0 spiro atoms. The molecule has 1 heterocycles. The highest BCUT2D eigenvalue weighted by atomic mass is 16.2. The number of amides is 1. The Hall–Kier alpha value is -4.25. The van der Waals surface area contributed by atoms with Gasteiger partial charge in [-0.15, -0.1) is 0 Å². The number of hydrogen-bond acceptors (Lipinski definition) is 3. The Bertz CT molecular complexity index is 1650. The zero-order valence-corrected chi connectivity index (χ0v) is 20.3. The Balaban J connectivity index is 1.63. The second kappa shape index (κ2) is 8.84. The number of para-hydroxylation sites is 1. The van der Waals surface area contributed by atoms with Gasteiger partial charge < -0.3 is 4.90 Å². The summed E-state index contributed by atoms with van der Waals surface area (Å²) in [6.07, 6.45) is 0. The third-order valence-corrected chi connectivity index (χ3v) is 6.82. The van der Waals surface area contributed by atoms with Gasteiger partial charge in [0.15, 0.2) is 0 Å². The average Bonchev–Trinajstić information content (AvgIpc) is 2.88. The fourth-order valence-electron chi connectivity index (χ4n) is 4.42. The molecule has 4 aromatic carbocycles. The minimum Gasteiger partial charge on any atom is -0.332 e. The molecule has 174 valence electrons. The van der Waals surface area contributed by atoms with E-state index in [0.717, 1.165) is 27.6 Å². The number of carbonyl (C=O) groups is 1. The van der Waals surface area contributed by atoms with Gasteiger partial charge in [0.1, 0.15) is 5.82 Å². The molecule has 5 rings (SSSR count). The number of hydrogen-bond donors (Lipinski definition) is 0. The minimum atomic E-state index is -0.451. The maximum Gasteiger partial charge on any atom is 0.266 e. The van der Waals surface area contributed by atoms with Crippen molar-refractivity contribution in [1.82, 2.24) is 14.5 Å². The molecule has 1 unspecified atom stereocenters. The van der Waals surface area contributed by atoms with E-state index in [0.29, 0.717) is 22.3 Å². The van der Waals surface area contributed by atoms with Gasteiger partial charge in [-0.1, -0.05) is 48.5 Å². The SMILES string of the molecule is Cc1ccc(-n2c(C(C)N(C)C(=O)c3ccc4ccccc4c3)nc3ccccc3c2=O)cc1C.